The number of carboxylic acids is 1. The Morgan fingerprint density at radius 3 is 2.67 bits per heavy atom. The van der Waals surface area contributed by atoms with Crippen molar-refractivity contribution in [3.63, 3.8) is 0 Å². The van der Waals surface area contributed by atoms with E-state index in [9.17, 15) is 14.7 Å². The normalized spacial score (nSPS) is 20.0. The summed E-state index contributed by atoms with van der Waals surface area (Å²) in [4.78, 5) is 31.6. The Hall–Kier alpha value is -4.24. The van der Waals surface area contributed by atoms with Gasteiger partial charge in [-0.15, -0.1) is 0 Å². The average Bonchev–Trinajstić information content (AvgIpc) is 3.29. The first-order chi connectivity index (χ1) is 20.8. The predicted octanol–water partition coefficient (Wildman–Crippen LogP) is 6.29. The van der Waals surface area contributed by atoms with Crippen molar-refractivity contribution in [1.82, 2.24) is 14.5 Å². The van der Waals surface area contributed by atoms with Crippen molar-refractivity contribution in [2.75, 3.05) is 26.0 Å². The van der Waals surface area contributed by atoms with Crippen LogP contribution in [0.1, 0.15) is 59.6 Å². The summed E-state index contributed by atoms with van der Waals surface area (Å²) in [6.07, 6.45) is 4.27. The number of pyridine rings is 1. The Balaban J connectivity index is 1.53. The molecule has 9 heteroatoms. The SMILES string of the molecule is CN(C)CC(=O)C1CCn2c(c(C3CCCC[C@@H]3F)c3ccc(C(=O)O)cc32)-c2ccc(OCc3ccccn3)cc2N1. The maximum absolute atomic E-state index is 15.7. The van der Waals surface area contributed by atoms with E-state index >= 15 is 4.39 Å². The number of Topliss-reactive ketones (excluding diaryl/α,β-unsaturated/α-hetero) is 1. The highest BCUT2D eigenvalue weighted by molar-refractivity contribution is 6.00. The predicted molar refractivity (Wildman–Crippen MR) is 165 cm³/mol. The fourth-order valence-corrected chi connectivity index (χ4v) is 6.58. The van der Waals surface area contributed by atoms with Crippen LogP contribution in [0, 0.1) is 0 Å². The summed E-state index contributed by atoms with van der Waals surface area (Å²) in [5.41, 5.74) is 5.10. The molecule has 2 aromatic heterocycles. The summed E-state index contributed by atoms with van der Waals surface area (Å²) in [5.74, 6) is -0.642. The van der Waals surface area contributed by atoms with Crippen LogP contribution in [0.2, 0.25) is 0 Å². The van der Waals surface area contributed by atoms with Crippen LogP contribution in [-0.4, -0.2) is 64.2 Å². The lowest BCUT2D eigenvalue weighted by Crippen LogP contribution is -2.38. The minimum Gasteiger partial charge on any atom is -0.487 e. The van der Waals surface area contributed by atoms with E-state index in [1.54, 1.807) is 18.3 Å². The zero-order chi connectivity index (χ0) is 30.1. The number of carbonyl (C=O) groups is 2. The number of likely N-dealkylation sites (N-methyl/N-ethyl adjacent to an activating group) is 1. The van der Waals surface area contributed by atoms with Crippen LogP contribution in [0.5, 0.6) is 5.75 Å². The second kappa shape index (κ2) is 12.2. The third-order valence-electron chi connectivity index (χ3n) is 8.59. The number of ketones is 1. The summed E-state index contributed by atoms with van der Waals surface area (Å²) in [6, 6.07) is 16.1. The first-order valence-corrected chi connectivity index (χ1v) is 14.9. The molecule has 0 saturated heterocycles. The van der Waals surface area contributed by atoms with E-state index in [0.29, 0.717) is 25.1 Å². The number of alkyl halides is 1. The number of anilines is 1. The molecular weight excluding hydrogens is 547 g/mol. The van der Waals surface area contributed by atoms with Crippen molar-refractivity contribution in [3.05, 3.63) is 77.6 Å². The number of aromatic carboxylic acids is 1. The first-order valence-electron chi connectivity index (χ1n) is 14.9. The lowest BCUT2D eigenvalue weighted by Gasteiger charge is -2.30. The Morgan fingerprint density at radius 1 is 1.09 bits per heavy atom. The molecule has 43 heavy (non-hydrogen) atoms. The monoisotopic (exact) mass is 584 g/mol. The van der Waals surface area contributed by atoms with E-state index < -0.39 is 18.2 Å². The summed E-state index contributed by atoms with van der Waals surface area (Å²) in [5, 5.41) is 14.2. The fourth-order valence-electron chi connectivity index (χ4n) is 6.58. The lowest BCUT2D eigenvalue weighted by molar-refractivity contribution is -0.120. The second-order valence-corrected chi connectivity index (χ2v) is 11.9. The molecule has 1 saturated carbocycles. The number of halogens is 1. The molecule has 2 aromatic carbocycles. The van der Waals surface area contributed by atoms with Gasteiger partial charge < -0.3 is 24.6 Å². The number of nitrogens with one attached hydrogen (secondary N) is 1. The third-order valence-corrected chi connectivity index (χ3v) is 8.59. The van der Waals surface area contributed by atoms with Crippen LogP contribution < -0.4 is 10.1 Å². The number of aromatic nitrogens is 2. The molecule has 0 spiro atoms. The Kier molecular flexibility index (Phi) is 8.17. The Bertz CT molecular complexity index is 1650. The van der Waals surface area contributed by atoms with Gasteiger partial charge in [-0.1, -0.05) is 25.0 Å². The standard InChI is InChI=1S/C34H37FN4O4/c1-38(2)19-31(40)28-14-16-39-30-17-21(34(41)42)10-12-26(30)32(24-8-3-4-9-27(24)35)33(39)25-13-11-23(18-29(25)37-28)43-20-22-7-5-6-15-36-22/h5-7,10-13,15,17-18,24,27-28,37H,3-4,8-9,14,16,19-20H2,1-2H3,(H,41,42)/t24?,27-,28?/m0/s1. The maximum Gasteiger partial charge on any atom is 0.335 e. The summed E-state index contributed by atoms with van der Waals surface area (Å²) < 4.78 is 23.9. The highest BCUT2D eigenvalue weighted by atomic mass is 19.1. The molecule has 0 bridgehead atoms. The molecule has 8 nitrogen and oxygen atoms in total. The number of rotatable bonds is 8. The zero-order valence-corrected chi connectivity index (χ0v) is 24.6. The number of nitrogens with zero attached hydrogens (tertiary/aromatic N) is 3. The highest BCUT2D eigenvalue weighted by Crippen LogP contribution is 2.48. The molecule has 2 aliphatic rings. The van der Waals surface area contributed by atoms with Crippen molar-refractivity contribution in [2.45, 2.75) is 63.4 Å². The Morgan fingerprint density at radius 2 is 1.93 bits per heavy atom. The van der Waals surface area contributed by atoms with E-state index in [2.05, 4.69) is 14.9 Å². The van der Waals surface area contributed by atoms with Crippen molar-refractivity contribution in [3.8, 4) is 17.0 Å². The largest absolute Gasteiger partial charge is 0.487 e. The van der Waals surface area contributed by atoms with Crippen molar-refractivity contribution in [2.24, 2.45) is 0 Å². The second-order valence-electron chi connectivity index (χ2n) is 11.9. The third kappa shape index (κ3) is 5.86. The van der Waals surface area contributed by atoms with Gasteiger partial charge in [0.15, 0.2) is 5.78 Å². The topological polar surface area (TPSA) is 96.7 Å². The van der Waals surface area contributed by atoms with Crippen LogP contribution >= 0.6 is 0 Å². The average molecular weight is 585 g/mol. The minimum absolute atomic E-state index is 0.0539. The van der Waals surface area contributed by atoms with E-state index in [0.717, 1.165) is 58.4 Å². The molecule has 4 aromatic rings. The van der Waals surface area contributed by atoms with E-state index in [4.69, 9.17) is 4.74 Å². The van der Waals surface area contributed by atoms with Gasteiger partial charge in [0, 0.05) is 46.9 Å². The van der Waals surface area contributed by atoms with E-state index in [1.807, 2.05) is 61.5 Å². The van der Waals surface area contributed by atoms with Gasteiger partial charge in [0.05, 0.1) is 29.5 Å². The molecule has 3 heterocycles. The molecule has 0 amide bonds. The van der Waals surface area contributed by atoms with Gasteiger partial charge in [0.25, 0.3) is 0 Å². The van der Waals surface area contributed by atoms with Gasteiger partial charge in [0.1, 0.15) is 18.5 Å². The van der Waals surface area contributed by atoms with Crippen molar-refractivity contribution < 1.29 is 23.8 Å². The first kappa shape index (κ1) is 28.9. The van der Waals surface area contributed by atoms with Crippen LogP contribution in [0.25, 0.3) is 22.2 Å². The molecule has 6 rings (SSSR count). The van der Waals surface area contributed by atoms with E-state index in [-0.39, 0.29) is 30.4 Å². The van der Waals surface area contributed by atoms with Gasteiger partial charge >= 0.3 is 5.97 Å². The molecule has 2 N–H and O–H groups in total. The number of ether oxygens (including phenoxy) is 1. The van der Waals surface area contributed by atoms with Crippen LogP contribution in [0.3, 0.4) is 0 Å². The van der Waals surface area contributed by atoms with Crippen LogP contribution in [-0.2, 0) is 17.9 Å². The fraction of sp³-hybridized carbons (Fsp3) is 0.382. The summed E-state index contributed by atoms with van der Waals surface area (Å²) in [7, 11) is 3.74. The van der Waals surface area contributed by atoms with E-state index in [1.165, 1.54) is 0 Å². The number of benzene rings is 2. The molecule has 0 radical (unpaired) electrons. The quantitative estimate of drug-likeness (QED) is 0.251. The highest BCUT2D eigenvalue weighted by Gasteiger charge is 2.35. The zero-order valence-electron chi connectivity index (χ0n) is 24.6. The van der Waals surface area contributed by atoms with Gasteiger partial charge in [-0.25, -0.2) is 9.18 Å². The van der Waals surface area contributed by atoms with Crippen LogP contribution in [0.4, 0.5) is 10.1 Å². The maximum atomic E-state index is 15.7. The minimum atomic E-state index is -1.01. The van der Waals surface area contributed by atoms with Crippen molar-refractivity contribution >= 4 is 28.3 Å². The number of fused-ring (bicyclic) bond motifs is 5. The molecule has 1 aliphatic carbocycles. The summed E-state index contributed by atoms with van der Waals surface area (Å²) in [6.45, 7) is 1.05. The van der Waals surface area contributed by atoms with Gasteiger partial charge in [-0.05, 0) is 75.3 Å². The molecule has 2 unspecified atom stereocenters. The number of hydrogen-bond acceptors (Lipinski definition) is 6. The van der Waals surface area contributed by atoms with Gasteiger partial charge in [0.2, 0.25) is 0 Å². The smallest absolute Gasteiger partial charge is 0.335 e. The molecule has 224 valence electrons. The number of hydrogen-bond donors (Lipinski definition) is 2. The Labute approximate surface area is 250 Å². The number of carbonyl (C=O) groups excluding carboxylic acids is 1. The van der Waals surface area contributed by atoms with Crippen molar-refractivity contribution in [1.29, 1.82) is 0 Å². The lowest BCUT2D eigenvalue weighted by atomic mass is 9.80. The molecular formula is C34H37FN4O4. The number of carboxylic acid groups (broad SMARTS) is 1. The van der Waals surface area contributed by atoms with Gasteiger partial charge in [-0.3, -0.25) is 9.78 Å². The number of aryl methyl sites for hydroxylation is 1. The molecule has 1 aliphatic heterocycles. The van der Waals surface area contributed by atoms with Crippen LogP contribution in [0.15, 0.2) is 60.8 Å². The van der Waals surface area contributed by atoms with Gasteiger partial charge in [-0.2, -0.15) is 0 Å². The molecule has 1 fully saturated rings. The summed E-state index contributed by atoms with van der Waals surface area (Å²) >= 11 is 0. The molecule has 3 atom stereocenters.